The Kier molecular flexibility index (Phi) is 2.46. The summed E-state index contributed by atoms with van der Waals surface area (Å²) >= 11 is 1.49. The maximum atomic E-state index is 8.35. The van der Waals surface area contributed by atoms with Crippen LogP contribution in [0.25, 0.3) is 0 Å². The third-order valence-corrected chi connectivity index (χ3v) is 3.18. The van der Waals surface area contributed by atoms with Gasteiger partial charge in [0, 0.05) is 5.41 Å². The lowest BCUT2D eigenvalue weighted by atomic mass is 10.1. The van der Waals surface area contributed by atoms with E-state index in [0.717, 1.165) is 18.7 Å². The molecular weight excluding hydrogens is 198 g/mol. The third-order valence-electron chi connectivity index (χ3n) is 2.40. The standard InChI is InChI=1S/C9H11N3OS/c1-9(2-3-9)8-11-7(13-12-8)6-14-5-4-10/h2-3,5-6H2,1H3. The minimum atomic E-state index is 0.168. The monoisotopic (exact) mass is 209 g/mol. The fraction of sp³-hybridized carbons (Fsp3) is 0.667. The van der Waals surface area contributed by atoms with Crippen molar-refractivity contribution in [1.29, 1.82) is 5.26 Å². The van der Waals surface area contributed by atoms with Gasteiger partial charge in [0.15, 0.2) is 5.82 Å². The highest BCUT2D eigenvalue weighted by atomic mass is 32.2. The Morgan fingerprint density at radius 2 is 2.43 bits per heavy atom. The molecule has 0 amide bonds. The molecule has 0 unspecified atom stereocenters. The quantitative estimate of drug-likeness (QED) is 0.708. The molecule has 1 fully saturated rings. The fourth-order valence-corrected chi connectivity index (χ4v) is 1.64. The van der Waals surface area contributed by atoms with Crippen LogP contribution >= 0.6 is 11.8 Å². The van der Waals surface area contributed by atoms with Crippen LogP contribution in [0.2, 0.25) is 0 Å². The van der Waals surface area contributed by atoms with Gasteiger partial charge in [0.05, 0.1) is 17.6 Å². The van der Waals surface area contributed by atoms with E-state index in [9.17, 15) is 0 Å². The van der Waals surface area contributed by atoms with Crippen LogP contribution in [0.4, 0.5) is 0 Å². The van der Waals surface area contributed by atoms with Crippen LogP contribution in [0.15, 0.2) is 4.52 Å². The fourth-order valence-electron chi connectivity index (χ4n) is 1.15. The van der Waals surface area contributed by atoms with E-state index in [1.165, 1.54) is 11.8 Å². The molecule has 2 rings (SSSR count). The minimum Gasteiger partial charge on any atom is -0.338 e. The molecule has 0 spiro atoms. The molecule has 0 bridgehead atoms. The van der Waals surface area contributed by atoms with Crippen LogP contribution < -0.4 is 0 Å². The Labute approximate surface area is 86.7 Å². The van der Waals surface area contributed by atoms with Gasteiger partial charge in [0.25, 0.3) is 0 Å². The lowest BCUT2D eigenvalue weighted by molar-refractivity contribution is 0.380. The van der Waals surface area contributed by atoms with Crippen molar-refractivity contribution in [2.45, 2.75) is 30.9 Å². The van der Waals surface area contributed by atoms with Crippen molar-refractivity contribution in [2.24, 2.45) is 0 Å². The molecule has 1 heterocycles. The topological polar surface area (TPSA) is 62.7 Å². The number of rotatable bonds is 4. The molecule has 5 heteroatoms. The summed E-state index contributed by atoms with van der Waals surface area (Å²) in [6, 6.07) is 2.06. The van der Waals surface area contributed by atoms with Crippen molar-refractivity contribution in [3.8, 4) is 6.07 Å². The molecule has 0 saturated heterocycles. The molecule has 0 aromatic carbocycles. The van der Waals surface area contributed by atoms with Crippen molar-refractivity contribution >= 4 is 11.8 Å². The Morgan fingerprint density at radius 1 is 1.64 bits per heavy atom. The first kappa shape index (κ1) is 9.53. The molecule has 0 N–H and O–H groups in total. The highest BCUT2D eigenvalue weighted by molar-refractivity contribution is 7.98. The number of hydrogen-bond donors (Lipinski definition) is 0. The summed E-state index contributed by atoms with van der Waals surface area (Å²) in [5.41, 5.74) is 0.168. The van der Waals surface area contributed by atoms with Crippen molar-refractivity contribution in [3.05, 3.63) is 11.7 Å². The van der Waals surface area contributed by atoms with Gasteiger partial charge in [-0.05, 0) is 12.8 Å². The lowest BCUT2D eigenvalue weighted by Gasteiger charge is -1.96. The maximum Gasteiger partial charge on any atom is 0.236 e. The molecule has 1 saturated carbocycles. The summed E-state index contributed by atoms with van der Waals surface area (Å²) in [7, 11) is 0. The van der Waals surface area contributed by atoms with Gasteiger partial charge in [-0.1, -0.05) is 12.1 Å². The molecular formula is C9H11N3OS. The van der Waals surface area contributed by atoms with E-state index >= 15 is 0 Å². The number of nitrogens with zero attached hydrogens (tertiary/aromatic N) is 3. The first-order valence-corrected chi connectivity index (χ1v) is 5.68. The maximum absolute atomic E-state index is 8.35. The van der Waals surface area contributed by atoms with Crippen LogP contribution in [0, 0.1) is 11.3 Å². The van der Waals surface area contributed by atoms with Gasteiger partial charge in [-0.3, -0.25) is 0 Å². The van der Waals surface area contributed by atoms with Gasteiger partial charge in [-0.15, -0.1) is 11.8 Å². The van der Waals surface area contributed by atoms with E-state index in [1.807, 2.05) is 0 Å². The predicted octanol–water partition coefficient (Wildman–Crippen LogP) is 1.88. The summed E-state index contributed by atoms with van der Waals surface area (Å²) in [4.78, 5) is 4.31. The van der Waals surface area contributed by atoms with E-state index in [2.05, 4.69) is 23.1 Å². The van der Waals surface area contributed by atoms with Gasteiger partial charge < -0.3 is 4.52 Å². The number of thioether (sulfide) groups is 1. The first-order valence-electron chi connectivity index (χ1n) is 4.52. The molecule has 1 aromatic heterocycles. The summed E-state index contributed by atoms with van der Waals surface area (Å²) in [5.74, 6) is 2.56. The second-order valence-corrected chi connectivity index (χ2v) is 4.71. The highest BCUT2D eigenvalue weighted by Crippen LogP contribution is 2.45. The van der Waals surface area contributed by atoms with E-state index in [-0.39, 0.29) is 5.41 Å². The van der Waals surface area contributed by atoms with Gasteiger partial charge in [0.1, 0.15) is 0 Å². The lowest BCUT2D eigenvalue weighted by Crippen LogP contribution is -2.02. The smallest absolute Gasteiger partial charge is 0.236 e. The van der Waals surface area contributed by atoms with E-state index in [1.54, 1.807) is 0 Å². The van der Waals surface area contributed by atoms with E-state index < -0.39 is 0 Å². The highest BCUT2D eigenvalue weighted by Gasteiger charge is 2.43. The van der Waals surface area contributed by atoms with E-state index in [4.69, 9.17) is 9.78 Å². The van der Waals surface area contributed by atoms with E-state index in [0.29, 0.717) is 17.4 Å². The Balaban J connectivity index is 1.94. The summed E-state index contributed by atoms with van der Waals surface area (Å²) in [6.07, 6.45) is 2.30. The molecule has 1 aliphatic rings. The predicted molar refractivity (Wildman–Crippen MR) is 52.7 cm³/mol. The summed E-state index contributed by atoms with van der Waals surface area (Å²) < 4.78 is 5.09. The first-order chi connectivity index (χ1) is 6.74. The van der Waals surface area contributed by atoms with Crippen LogP contribution in [-0.4, -0.2) is 15.9 Å². The van der Waals surface area contributed by atoms with Crippen LogP contribution in [0.3, 0.4) is 0 Å². The molecule has 0 atom stereocenters. The minimum absolute atomic E-state index is 0.168. The Bertz CT molecular complexity index is 364. The summed E-state index contributed by atoms with van der Waals surface area (Å²) in [6.45, 7) is 2.14. The zero-order chi connectivity index (χ0) is 10.0. The molecule has 74 valence electrons. The normalized spacial score (nSPS) is 17.7. The van der Waals surface area contributed by atoms with Gasteiger partial charge >= 0.3 is 0 Å². The van der Waals surface area contributed by atoms with Crippen molar-refractivity contribution < 1.29 is 4.52 Å². The zero-order valence-electron chi connectivity index (χ0n) is 7.99. The van der Waals surface area contributed by atoms with Gasteiger partial charge in [-0.2, -0.15) is 10.2 Å². The average Bonchev–Trinajstić information content (AvgIpc) is 2.76. The SMILES string of the molecule is CC1(c2noc(CSCC#N)n2)CC1. The van der Waals surface area contributed by atoms with Crippen molar-refractivity contribution in [2.75, 3.05) is 5.75 Å². The van der Waals surface area contributed by atoms with Crippen LogP contribution in [0.1, 0.15) is 31.5 Å². The average molecular weight is 209 g/mol. The van der Waals surface area contributed by atoms with Gasteiger partial charge in [-0.25, -0.2) is 0 Å². The largest absolute Gasteiger partial charge is 0.338 e. The van der Waals surface area contributed by atoms with Crippen LogP contribution in [0.5, 0.6) is 0 Å². The van der Waals surface area contributed by atoms with Crippen molar-refractivity contribution in [1.82, 2.24) is 10.1 Å². The number of nitriles is 1. The van der Waals surface area contributed by atoms with Gasteiger partial charge in [0.2, 0.25) is 5.89 Å². The molecule has 4 nitrogen and oxygen atoms in total. The Morgan fingerprint density at radius 3 is 3.07 bits per heavy atom. The van der Waals surface area contributed by atoms with Crippen molar-refractivity contribution in [3.63, 3.8) is 0 Å². The molecule has 14 heavy (non-hydrogen) atoms. The molecule has 1 aromatic rings. The second-order valence-electron chi connectivity index (χ2n) is 3.72. The number of aromatic nitrogens is 2. The molecule has 0 radical (unpaired) electrons. The van der Waals surface area contributed by atoms with Crippen LogP contribution in [-0.2, 0) is 11.2 Å². The number of hydrogen-bond acceptors (Lipinski definition) is 5. The third kappa shape index (κ3) is 1.90. The molecule has 1 aliphatic carbocycles. The molecule has 0 aliphatic heterocycles. The Hall–Kier alpha value is -1.02. The zero-order valence-corrected chi connectivity index (χ0v) is 8.80. The second kappa shape index (κ2) is 3.62. The summed E-state index contributed by atoms with van der Waals surface area (Å²) in [5, 5.41) is 12.3.